The number of aliphatic hydroxyl groups excluding tert-OH is 2. The first-order chi connectivity index (χ1) is 57.5. The van der Waals surface area contributed by atoms with Gasteiger partial charge in [-0.05, 0) is 156 Å². The Hall–Kier alpha value is -12.9. The zero-order valence-corrected chi connectivity index (χ0v) is 66.1. The normalized spacial score (nSPS) is 13.0. The summed E-state index contributed by atoms with van der Waals surface area (Å²) in [6, 6.07) is 82.8. The average molecular weight is 1590 g/mol. The standard InChI is InChI=1S/C95H100N10O13/c1-117-79-51-43-75(44-52-79)94(71-29-13-5-14-30-71,72-31-15-6-16-32-72)98-58-23-21-37-81(92(115)100-77-47-39-69(65-106)40-48-77)102-83(61-67-25-9-3-10-26-67)90(113)96-63-88(111)105(87(110)57-60-104-85(108)55-56-86(104)109)89(112)64-97-91(114)84(62-68-27-11-4-12-28-68)103-82(93(116)101-78-49-41-70(66-107)42-50-78)38-22-24-59-99-95(73-33-17-7-18-34-73,74-35-19-8-20-36-74)76-45-53-80(118-2)54-46-76/h3-20,25-36,39-56,81-84,98-99,102-103,106-107H,21-24,37-38,57-66H2,1-2H3,(H,96,113)(H,97,114)(H,100,115)(H,101,116)/t81-,82-,83-,84-/m0/s1. The van der Waals surface area contributed by atoms with Crippen molar-refractivity contribution in [2.45, 2.75) is 106 Å². The Labute approximate surface area is 687 Å². The molecular formula is C95H100N10O13. The molecule has 11 rings (SSSR count). The lowest BCUT2D eigenvalue weighted by Crippen LogP contribution is -2.56. The van der Waals surface area contributed by atoms with Crippen LogP contribution in [0.15, 0.2) is 291 Å². The molecule has 0 bridgehead atoms. The van der Waals surface area contributed by atoms with Gasteiger partial charge in [-0.25, -0.2) is 4.90 Å². The van der Waals surface area contributed by atoms with Crippen LogP contribution in [0, 0.1) is 0 Å². The fourth-order valence-corrected chi connectivity index (χ4v) is 14.7. The van der Waals surface area contributed by atoms with Gasteiger partial charge in [0.2, 0.25) is 29.5 Å². The minimum atomic E-state index is -1.24. The number of nitrogens with one attached hydrogen (secondary N) is 8. The van der Waals surface area contributed by atoms with Crippen LogP contribution in [0.5, 0.6) is 11.5 Å². The molecule has 23 heteroatoms. The summed E-state index contributed by atoms with van der Waals surface area (Å²) in [4.78, 5) is 131. The van der Waals surface area contributed by atoms with Gasteiger partial charge in [0.25, 0.3) is 23.6 Å². The molecule has 10 aromatic carbocycles. The number of amides is 9. The van der Waals surface area contributed by atoms with Crippen molar-refractivity contribution >= 4 is 64.5 Å². The highest BCUT2D eigenvalue weighted by molar-refractivity contribution is 6.15. The van der Waals surface area contributed by atoms with Crippen molar-refractivity contribution in [1.29, 1.82) is 0 Å². The third-order valence-corrected chi connectivity index (χ3v) is 21.0. The van der Waals surface area contributed by atoms with Crippen molar-refractivity contribution in [3.8, 4) is 11.5 Å². The number of imide groups is 4. The summed E-state index contributed by atoms with van der Waals surface area (Å²) in [5.41, 5.74) is 7.62. The summed E-state index contributed by atoms with van der Waals surface area (Å²) in [7, 11) is 3.24. The highest BCUT2D eigenvalue weighted by Crippen LogP contribution is 2.40. The molecule has 0 saturated carbocycles. The van der Waals surface area contributed by atoms with Crippen LogP contribution in [0.1, 0.15) is 101 Å². The Morgan fingerprint density at radius 2 is 0.695 bits per heavy atom. The second kappa shape index (κ2) is 43.2. The van der Waals surface area contributed by atoms with E-state index in [1.54, 1.807) is 123 Å². The predicted octanol–water partition coefficient (Wildman–Crippen LogP) is 10.3. The number of hydrogen-bond donors (Lipinski definition) is 10. The summed E-state index contributed by atoms with van der Waals surface area (Å²) in [6.45, 7) is -2.00. The maximum absolute atomic E-state index is 15.0. The second-order valence-electron chi connectivity index (χ2n) is 28.7. The van der Waals surface area contributed by atoms with Crippen LogP contribution in [-0.4, -0.2) is 144 Å². The van der Waals surface area contributed by atoms with E-state index in [1.165, 1.54) is 0 Å². The second-order valence-corrected chi connectivity index (χ2v) is 28.7. The van der Waals surface area contributed by atoms with Gasteiger partial charge in [0.1, 0.15) is 11.5 Å². The number of benzene rings is 10. The lowest BCUT2D eigenvalue weighted by atomic mass is 9.77. The molecule has 0 aliphatic carbocycles. The smallest absolute Gasteiger partial charge is 0.255 e. The van der Waals surface area contributed by atoms with E-state index in [0.29, 0.717) is 83.9 Å². The highest BCUT2D eigenvalue weighted by Gasteiger charge is 2.39. The Kier molecular flexibility index (Phi) is 31.5. The predicted molar refractivity (Wildman–Crippen MR) is 452 cm³/mol. The summed E-state index contributed by atoms with van der Waals surface area (Å²) in [5.74, 6) is -6.26. The molecule has 0 saturated heterocycles. The SMILES string of the molecule is COc1ccc(C(NCCCC[C@H](N[C@@H](Cc2ccccc2)C(=O)NCC(=O)N(C(=O)CCN2C(=O)C=CC2=O)C(=O)CNC(=O)[C@H](Cc2ccccc2)N[C@@H](CCCCNC(c2ccccc2)(c2ccccc2)c2ccc(OC)cc2)C(=O)Nc2ccc(CO)cc2)C(=O)Nc2ccc(CO)cc2)(c2ccccc2)c2ccccc2)cc1. The number of methoxy groups -OCH3 is 2. The molecule has 0 aromatic heterocycles. The van der Waals surface area contributed by atoms with Crippen molar-refractivity contribution in [3.05, 3.63) is 347 Å². The minimum absolute atomic E-state index is 0.0133. The van der Waals surface area contributed by atoms with Crippen LogP contribution < -0.4 is 52.0 Å². The Balaban J connectivity index is 0.823. The summed E-state index contributed by atoms with van der Waals surface area (Å²) in [5, 5.41) is 45.4. The summed E-state index contributed by atoms with van der Waals surface area (Å²) >= 11 is 0. The molecule has 1 heterocycles. The van der Waals surface area contributed by atoms with Crippen molar-refractivity contribution < 1.29 is 62.8 Å². The van der Waals surface area contributed by atoms with Gasteiger partial charge in [0.05, 0.1) is 75.8 Å². The quantitative estimate of drug-likeness (QED) is 0.00965. The molecule has 0 fully saturated rings. The summed E-state index contributed by atoms with van der Waals surface area (Å²) in [6.07, 6.45) is 3.65. The lowest BCUT2D eigenvalue weighted by Gasteiger charge is -2.37. The summed E-state index contributed by atoms with van der Waals surface area (Å²) < 4.78 is 11.1. The number of unbranched alkanes of at least 4 members (excludes halogenated alkanes) is 2. The molecule has 23 nitrogen and oxygen atoms in total. The number of anilines is 2. The molecule has 0 radical (unpaired) electrons. The Bertz CT molecular complexity index is 4590. The van der Waals surface area contributed by atoms with E-state index >= 15 is 9.59 Å². The fraction of sp³-hybridized carbons (Fsp3) is 0.253. The highest BCUT2D eigenvalue weighted by atomic mass is 16.5. The zero-order chi connectivity index (χ0) is 83.1. The van der Waals surface area contributed by atoms with E-state index in [0.717, 1.165) is 50.4 Å². The Morgan fingerprint density at radius 1 is 0.373 bits per heavy atom. The third-order valence-electron chi connectivity index (χ3n) is 21.0. The van der Waals surface area contributed by atoms with Gasteiger partial charge in [0.15, 0.2) is 0 Å². The van der Waals surface area contributed by atoms with Crippen molar-refractivity contribution in [1.82, 2.24) is 41.7 Å². The van der Waals surface area contributed by atoms with Gasteiger partial charge in [-0.15, -0.1) is 0 Å². The first-order valence-corrected chi connectivity index (χ1v) is 39.6. The average Bonchev–Trinajstić information content (AvgIpc) is 0.842. The first-order valence-electron chi connectivity index (χ1n) is 39.6. The fourth-order valence-electron chi connectivity index (χ4n) is 14.7. The molecule has 118 heavy (non-hydrogen) atoms. The van der Waals surface area contributed by atoms with Crippen LogP contribution in [0.2, 0.25) is 0 Å². The molecule has 608 valence electrons. The van der Waals surface area contributed by atoms with Crippen molar-refractivity contribution in [2.24, 2.45) is 0 Å². The molecule has 0 unspecified atom stereocenters. The van der Waals surface area contributed by atoms with Crippen LogP contribution >= 0.6 is 0 Å². The van der Waals surface area contributed by atoms with E-state index in [1.807, 2.05) is 121 Å². The monoisotopic (exact) mass is 1590 g/mol. The molecule has 0 spiro atoms. The van der Waals surface area contributed by atoms with Gasteiger partial charge in [-0.3, -0.25) is 69.3 Å². The number of nitrogens with zero attached hydrogens (tertiary/aromatic N) is 2. The topological polar surface area (TPSA) is 315 Å². The van der Waals surface area contributed by atoms with E-state index in [4.69, 9.17) is 9.47 Å². The molecule has 4 atom stereocenters. The van der Waals surface area contributed by atoms with Gasteiger partial charge in [0, 0.05) is 36.5 Å². The number of carbonyl (C=O) groups excluding carboxylic acids is 9. The number of ether oxygens (including phenoxy) is 2. The van der Waals surface area contributed by atoms with Gasteiger partial charge >= 0.3 is 0 Å². The van der Waals surface area contributed by atoms with E-state index < -0.39 is 114 Å². The van der Waals surface area contributed by atoms with Gasteiger partial charge in [-0.1, -0.05) is 243 Å². The van der Waals surface area contributed by atoms with Crippen LogP contribution in [-0.2, 0) is 80.3 Å². The molecule has 9 amide bonds. The zero-order valence-electron chi connectivity index (χ0n) is 66.1. The van der Waals surface area contributed by atoms with E-state index in [9.17, 15) is 43.8 Å². The van der Waals surface area contributed by atoms with Gasteiger partial charge in [-0.2, -0.15) is 0 Å². The molecule has 1 aliphatic rings. The number of hydrogen-bond acceptors (Lipinski definition) is 17. The molecule has 10 N–H and O–H groups in total. The van der Waals surface area contributed by atoms with Crippen LogP contribution in [0.4, 0.5) is 11.4 Å². The minimum Gasteiger partial charge on any atom is -0.497 e. The van der Waals surface area contributed by atoms with Crippen LogP contribution in [0.25, 0.3) is 0 Å². The molecule has 10 aromatic rings. The van der Waals surface area contributed by atoms with E-state index in [2.05, 4.69) is 91.1 Å². The van der Waals surface area contributed by atoms with Crippen molar-refractivity contribution in [3.63, 3.8) is 0 Å². The maximum atomic E-state index is 15.0. The molecule has 1 aliphatic heterocycles. The largest absolute Gasteiger partial charge is 0.497 e. The number of carbonyl (C=O) groups is 9. The van der Waals surface area contributed by atoms with Gasteiger partial charge < -0.3 is 41.0 Å². The lowest BCUT2D eigenvalue weighted by molar-refractivity contribution is -0.154. The first kappa shape index (κ1) is 86.0. The van der Waals surface area contributed by atoms with Crippen LogP contribution in [0.3, 0.4) is 0 Å². The maximum Gasteiger partial charge on any atom is 0.255 e. The van der Waals surface area contributed by atoms with E-state index in [-0.39, 0.29) is 43.8 Å². The van der Waals surface area contributed by atoms with Crippen molar-refractivity contribution in [2.75, 3.05) is 57.6 Å². The number of rotatable bonds is 43. The Morgan fingerprint density at radius 3 is 1.02 bits per heavy atom. The third kappa shape index (κ3) is 22.8. The number of aliphatic hydroxyl groups is 2. The molecular weight excluding hydrogens is 1490 g/mol.